The average Bonchev–Trinajstić information content (AvgIpc) is 2.91. The maximum Gasteiger partial charge on any atom is 0.142 e. The van der Waals surface area contributed by atoms with Crippen LogP contribution in [0.2, 0.25) is 10.0 Å². The molecule has 1 aromatic heterocycles. The molecule has 2 aromatic rings. The van der Waals surface area contributed by atoms with Crippen molar-refractivity contribution in [1.82, 2.24) is 14.8 Å². The molecule has 21 heavy (non-hydrogen) atoms. The van der Waals surface area contributed by atoms with Gasteiger partial charge in [-0.1, -0.05) is 42.6 Å². The first kappa shape index (κ1) is 16.2. The zero-order chi connectivity index (χ0) is 15.5. The van der Waals surface area contributed by atoms with Crippen LogP contribution in [0.1, 0.15) is 25.3 Å². The summed E-state index contributed by atoms with van der Waals surface area (Å²) in [5, 5.41) is 15.5. The Morgan fingerprint density at radius 1 is 1.43 bits per heavy atom. The predicted molar refractivity (Wildman–Crippen MR) is 80.2 cm³/mol. The first-order valence-corrected chi connectivity index (χ1v) is 7.37. The minimum Gasteiger partial charge on any atom is -0.380 e. The lowest BCUT2D eigenvalue weighted by Gasteiger charge is -2.32. The second-order valence-electron chi connectivity index (χ2n) is 4.90. The summed E-state index contributed by atoms with van der Waals surface area (Å²) < 4.78 is 16.0. The Hall–Kier alpha value is -1.17. The van der Waals surface area contributed by atoms with Gasteiger partial charge in [-0.05, 0) is 18.6 Å². The lowest BCUT2D eigenvalue weighted by atomic mass is 9.86. The summed E-state index contributed by atoms with van der Waals surface area (Å²) in [6.45, 7) is 1.78. The number of nitrogens with zero attached hydrogens (tertiary/aromatic N) is 3. The molecule has 0 saturated heterocycles. The molecule has 1 N–H and O–H groups in total. The van der Waals surface area contributed by atoms with Crippen molar-refractivity contribution in [2.24, 2.45) is 0 Å². The molecule has 0 aliphatic heterocycles. The minimum absolute atomic E-state index is 0.0739. The van der Waals surface area contributed by atoms with Crippen molar-refractivity contribution in [3.63, 3.8) is 0 Å². The van der Waals surface area contributed by atoms with E-state index in [4.69, 9.17) is 23.2 Å². The zero-order valence-electron chi connectivity index (χ0n) is 11.5. The Morgan fingerprint density at radius 3 is 2.76 bits per heavy atom. The summed E-state index contributed by atoms with van der Waals surface area (Å²) in [5.74, 6) is 0. The molecule has 0 amide bonds. The van der Waals surface area contributed by atoms with Crippen molar-refractivity contribution >= 4 is 23.2 Å². The van der Waals surface area contributed by atoms with Crippen molar-refractivity contribution in [3.8, 4) is 0 Å². The van der Waals surface area contributed by atoms with Gasteiger partial charge in [0.2, 0.25) is 0 Å². The highest BCUT2D eigenvalue weighted by atomic mass is 35.5. The van der Waals surface area contributed by atoms with Gasteiger partial charge >= 0.3 is 0 Å². The number of benzene rings is 1. The molecule has 1 aromatic carbocycles. The third-order valence-corrected chi connectivity index (χ3v) is 3.88. The van der Waals surface area contributed by atoms with Gasteiger partial charge in [0.15, 0.2) is 0 Å². The third kappa shape index (κ3) is 3.54. The van der Waals surface area contributed by atoms with Crippen LogP contribution in [0.3, 0.4) is 0 Å². The molecule has 7 heteroatoms. The molecule has 0 aliphatic rings. The Bertz CT molecular complexity index is 594. The van der Waals surface area contributed by atoms with Gasteiger partial charge in [0, 0.05) is 15.6 Å². The van der Waals surface area contributed by atoms with Crippen LogP contribution in [0, 0.1) is 0 Å². The van der Waals surface area contributed by atoms with Crippen LogP contribution in [-0.4, -0.2) is 26.0 Å². The van der Waals surface area contributed by atoms with Gasteiger partial charge in [0.25, 0.3) is 0 Å². The summed E-state index contributed by atoms with van der Waals surface area (Å²) >= 11 is 12.0. The fraction of sp³-hybridized carbons (Fsp3) is 0.429. The zero-order valence-corrected chi connectivity index (χ0v) is 13.0. The fourth-order valence-electron chi connectivity index (χ4n) is 2.25. The first-order chi connectivity index (χ1) is 9.97. The monoisotopic (exact) mass is 331 g/mol. The van der Waals surface area contributed by atoms with Crippen molar-refractivity contribution in [2.45, 2.75) is 38.1 Å². The largest absolute Gasteiger partial charge is 0.380 e. The van der Waals surface area contributed by atoms with Crippen LogP contribution in [0.4, 0.5) is 4.39 Å². The normalized spacial score (nSPS) is 15.7. The van der Waals surface area contributed by atoms with Gasteiger partial charge in [-0.3, -0.25) is 0 Å². The minimum atomic E-state index is -1.79. The molecule has 0 saturated carbocycles. The van der Waals surface area contributed by atoms with Crippen LogP contribution < -0.4 is 0 Å². The maximum absolute atomic E-state index is 14.6. The highest BCUT2D eigenvalue weighted by Gasteiger charge is 2.40. The van der Waals surface area contributed by atoms with Gasteiger partial charge in [-0.15, -0.1) is 0 Å². The summed E-state index contributed by atoms with van der Waals surface area (Å²) in [7, 11) is 0. The van der Waals surface area contributed by atoms with E-state index in [-0.39, 0.29) is 18.0 Å². The molecule has 0 radical (unpaired) electrons. The standard InChI is InChI=1S/C14H16Cl2FN3O/c1-2-3-13(17)14(21,7-20-9-18-8-19-20)11-5-4-10(15)6-12(11)16/h4-6,8-9,13,21H,2-3,7H2,1H3. The van der Waals surface area contributed by atoms with E-state index < -0.39 is 11.8 Å². The van der Waals surface area contributed by atoms with E-state index in [1.54, 1.807) is 12.1 Å². The van der Waals surface area contributed by atoms with E-state index in [0.717, 1.165) is 0 Å². The van der Waals surface area contributed by atoms with Gasteiger partial charge < -0.3 is 5.11 Å². The molecule has 2 unspecified atom stereocenters. The van der Waals surface area contributed by atoms with Crippen LogP contribution in [0.5, 0.6) is 0 Å². The van der Waals surface area contributed by atoms with Crippen LogP contribution >= 0.6 is 23.2 Å². The smallest absolute Gasteiger partial charge is 0.142 e. The van der Waals surface area contributed by atoms with Gasteiger partial charge in [-0.25, -0.2) is 14.1 Å². The molecule has 0 bridgehead atoms. The Morgan fingerprint density at radius 2 is 2.19 bits per heavy atom. The predicted octanol–water partition coefficient (Wildman–Crippen LogP) is 3.61. The first-order valence-electron chi connectivity index (χ1n) is 6.61. The maximum atomic E-state index is 14.6. The highest BCUT2D eigenvalue weighted by molar-refractivity contribution is 6.35. The van der Waals surface area contributed by atoms with Crippen LogP contribution in [0.25, 0.3) is 0 Å². The summed E-state index contributed by atoms with van der Waals surface area (Å²) in [6.07, 6.45) is 2.09. The van der Waals surface area contributed by atoms with E-state index in [2.05, 4.69) is 10.1 Å². The third-order valence-electron chi connectivity index (χ3n) is 3.33. The summed E-state index contributed by atoms with van der Waals surface area (Å²) in [4.78, 5) is 3.81. The van der Waals surface area contributed by atoms with E-state index in [9.17, 15) is 9.50 Å². The molecule has 114 valence electrons. The molecule has 4 nitrogen and oxygen atoms in total. The van der Waals surface area contributed by atoms with Crippen molar-refractivity contribution in [2.75, 3.05) is 0 Å². The average molecular weight is 332 g/mol. The summed E-state index contributed by atoms with van der Waals surface area (Å²) in [6, 6.07) is 4.61. The van der Waals surface area contributed by atoms with Crippen molar-refractivity contribution in [3.05, 3.63) is 46.5 Å². The molecule has 0 aliphatic carbocycles. The summed E-state index contributed by atoms with van der Waals surface area (Å²) in [5.41, 5.74) is -1.49. The number of halogens is 3. The lowest BCUT2D eigenvalue weighted by molar-refractivity contribution is -0.0603. The molecule has 0 fully saturated rings. The second kappa shape index (κ2) is 6.73. The van der Waals surface area contributed by atoms with Gasteiger partial charge in [0.1, 0.15) is 24.4 Å². The lowest BCUT2D eigenvalue weighted by Crippen LogP contribution is -2.41. The molecule has 2 rings (SSSR count). The number of aliphatic hydroxyl groups is 1. The van der Waals surface area contributed by atoms with Crippen LogP contribution in [0.15, 0.2) is 30.9 Å². The topological polar surface area (TPSA) is 50.9 Å². The van der Waals surface area contributed by atoms with E-state index in [1.807, 2.05) is 6.92 Å². The van der Waals surface area contributed by atoms with Gasteiger partial charge in [-0.2, -0.15) is 5.10 Å². The molecular formula is C14H16Cl2FN3O. The van der Waals surface area contributed by atoms with E-state index in [0.29, 0.717) is 17.0 Å². The van der Waals surface area contributed by atoms with Crippen molar-refractivity contribution in [1.29, 1.82) is 0 Å². The Balaban J connectivity index is 2.43. The van der Waals surface area contributed by atoms with Crippen LogP contribution in [-0.2, 0) is 12.1 Å². The number of alkyl halides is 1. The SMILES string of the molecule is CCCC(F)C(O)(Cn1cncn1)c1ccc(Cl)cc1Cl. The van der Waals surface area contributed by atoms with E-state index in [1.165, 1.54) is 23.4 Å². The number of hydrogen-bond donors (Lipinski definition) is 1. The number of rotatable bonds is 6. The second-order valence-corrected chi connectivity index (χ2v) is 5.74. The fourth-order valence-corrected chi connectivity index (χ4v) is 2.82. The highest BCUT2D eigenvalue weighted by Crippen LogP contribution is 2.37. The molecule has 2 atom stereocenters. The quantitative estimate of drug-likeness (QED) is 0.879. The molecular weight excluding hydrogens is 316 g/mol. The Labute approximate surface area is 132 Å². The number of aromatic nitrogens is 3. The number of hydrogen-bond acceptors (Lipinski definition) is 3. The van der Waals surface area contributed by atoms with Crippen molar-refractivity contribution < 1.29 is 9.50 Å². The molecule has 1 heterocycles. The van der Waals surface area contributed by atoms with E-state index >= 15 is 0 Å². The Kier molecular flexibility index (Phi) is 5.19. The molecule has 0 spiro atoms. The van der Waals surface area contributed by atoms with Gasteiger partial charge in [0.05, 0.1) is 6.54 Å².